The van der Waals surface area contributed by atoms with Crippen LogP contribution in [0.15, 0.2) is 81.6 Å². The van der Waals surface area contributed by atoms with Gasteiger partial charge in [-0.05, 0) is 66.4 Å². The predicted octanol–water partition coefficient (Wildman–Crippen LogP) is 6.73. The van der Waals surface area contributed by atoms with Gasteiger partial charge in [-0.1, -0.05) is 50.6 Å². The number of nitrogens with zero attached hydrogens (tertiary/aromatic N) is 4. The Balaban J connectivity index is 1.34. The van der Waals surface area contributed by atoms with Gasteiger partial charge in [0.15, 0.2) is 0 Å². The van der Waals surface area contributed by atoms with E-state index in [9.17, 15) is 0 Å². The van der Waals surface area contributed by atoms with Crippen molar-refractivity contribution >= 4 is 0 Å². The smallest absolute Gasteiger partial charge is 0.248 e. The molecular weight excluding hydrogens is 412 g/mol. The van der Waals surface area contributed by atoms with Crippen molar-refractivity contribution in [2.24, 2.45) is 0 Å². The summed E-state index contributed by atoms with van der Waals surface area (Å²) in [5, 5.41) is 16.8. The summed E-state index contributed by atoms with van der Waals surface area (Å²) in [5.41, 5.74) is 5.97. The average molecular weight is 437 g/mol. The molecule has 3 aromatic carbocycles. The van der Waals surface area contributed by atoms with Gasteiger partial charge in [-0.25, -0.2) is 0 Å². The highest BCUT2D eigenvalue weighted by molar-refractivity contribution is 5.64. The van der Waals surface area contributed by atoms with Crippen molar-refractivity contribution in [1.29, 1.82) is 0 Å². The van der Waals surface area contributed by atoms with E-state index in [2.05, 4.69) is 53.3 Å². The summed E-state index contributed by atoms with van der Waals surface area (Å²) in [6, 6.07) is 23.8. The highest BCUT2D eigenvalue weighted by atomic mass is 16.4. The lowest BCUT2D eigenvalue weighted by molar-refractivity contribution is 0.581. The van der Waals surface area contributed by atoms with Gasteiger partial charge in [0, 0.05) is 22.3 Å². The lowest BCUT2D eigenvalue weighted by atomic mass is 9.87. The van der Waals surface area contributed by atoms with Crippen LogP contribution in [0.1, 0.15) is 31.9 Å². The maximum atomic E-state index is 5.92. The molecule has 164 valence electrons. The van der Waals surface area contributed by atoms with E-state index in [0.29, 0.717) is 23.6 Å². The number of aromatic nitrogens is 4. The van der Waals surface area contributed by atoms with Crippen LogP contribution >= 0.6 is 0 Å². The van der Waals surface area contributed by atoms with Crippen LogP contribution in [0.3, 0.4) is 0 Å². The van der Waals surface area contributed by atoms with Crippen LogP contribution in [0.5, 0.6) is 0 Å². The molecule has 2 heterocycles. The lowest BCUT2D eigenvalue weighted by Gasteiger charge is -2.18. The summed E-state index contributed by atoms with van der Waals surface area (Å²) in [5.74, 6) is 1.91. The molecule has 0 aliphatic heterocycles. The molecule has 0 aliphatic carbocycles. The molecular formula is C27H24N4O2. The average Bonchev–Trinajstić information content (AvgIpc) is 3.50. The van der Waals surface area contributed by atoms with Gasteiger partial charge >= 0.3 is 0 Å². The minimum atomic E-state index is 0.0968. The maximum Gasteiger partial charge on any atom is 0.248 e. The first-order valence-corrected chi connectivity index (χ1v) is 10.8. The van der Waals surface area contributed by atoms with Crippen molar-refractivity contribution in [3.05, 3.63) is 83.9 Å². The SMILES string of the molecule is Cc1ccc(-c2nnc(-c3ccc(-c4nnc(-c5ccc(C(C)(C)C)cc5)o4)cc3)o2)cc1. The zero-order valence-electron chi connectivity index (χ0n) is 19.0. The van der Waals surface area contributed by atoms with Gasteiger partial charge in [0.25, 0.3) is 0 Å². The standard InChI is InChI=1S/C27H24N4O2/c1-17-5-7-18(8-6-17)23-28-29-24(32-23)19-9-11-20(12-10-19)25-30-31-26(33-25)21-13-15-22(16-14-21)27(2,3)4/h5-16H,1-4H3. The molecule has 0 spiro atoms. The van der Waals surface area contributed by atoms with E-state index >= 15 is 0 Å². The van der Waals surface area contributed by atoms with E-state index in [-0.39, 0.29) is 5.41 Å². The Morgan fingerprint density at radius 2 is 0.788 bits per heavy atom. The third-order valence-electron chi connectivity index (χ3n) is 5.53. The van der Waals surface area contributed by atoms with Gasteiger partial charge in [0.05, 0.1) is 0 Å². The Morgan fingerprint density at radius 3 is 1.12 bits per heavy atom. The van der Waals surface area contributed by atoms with Crippen LogP contribution in [-0.4, -0.2) is 20.4 Å². The number of aryl methyl sites for hydroxylation is 1. The van der Waals surface area contributed by atoms with Crippen molar-refractivity contribution in [1.82, 2.24) is 20.4 Å². The summed E-state index contributed by atoms with van der Waals surface area (Å²) in [7, 11) is 0. The number of rotatable bonds is 4. The summed E-state index contributed by atoms with van der Waals surface area (Å²) in [6.07, 6.45) is 0. The van der Waals surface area contributed by atoms with Crippen molar-refractivity contribution < 1.29 is 8.83 Å². The van der Waals surface area contributed by atoms with Gasteiger partial charge in [-0.3, -0.25) is 0 Å². The molecule has 0 radical (unpaired) electrons. The molecule has 6 nitrogen and oxygen atoms in total. The van der Waals surface area contributed by atoms with E-state index in [0.717, 1.165) is 22.3 Å². The Labute approximate surface area is 192 Å². The van der Waals surface area contributed by atoms with Crippen molar-refractivity contribution in [3.63, 3.8) is 0 Å². The van der Waals surface area contributed by atoms with Crippen LogP contribution < -0.4 is 0 Å². The highest BCUT2D eigenvalue weighted by Gasteiger charge is 2.16. The molecule has 33 heavy (non-hydrogen) atoms. The van der Waals surface area contributed by atoms with Gasteiger partial charge in [0.1, 0.15) is 0 Å². The molecule has 0 amide bonds. The predicted molar refractivity (Wildman–Crippen MR) is 127 cm³/mol. The van der Waals surface area contributed by atoms with Crippen LogP contribution in [0, 0.1) is 6.92 Å². The summed E-state index contributed by atoms with van der Waals surface area (Å²) < 4.78 is 11.8. The fraction of sp³-hybridized carbons (Fsp3) is 0.185. The zero-order valence-corrected chi connectivity index (χ0v) is 19.0. The second kappa shape index (κ2) is 8.13. The maximum absolute atomic E-state index is 5.92. The highest BCUT2D eigenvalue weighted by Crippen LogP contribution is 2.29. The van der Waals surface area contributed by atoms with Crippen molar-refractivity contribution in [2.75, 3.05) is 0 Å². The third kappa shape index (κ3) is 4.32. The first-order valence-electron chi connectivity index (χ1n) is 10.8. The molecule has 0 bridgehead atoms. The molecule has 5 rings (SSSR count). The van der Waals surface area contributed by atoms with Crippen LogP contribution in [0.25, 0.3) is 45.8 Å². The van der Waals surface area contributed by atoms with Gasteiger partial charge < -0.3 is 8.83 Å². The molecule has 5 aromatic rings. The summed E-state index contributed by atoms with van der Waals surface area (Å²) in [4.78, 5) is 0. The molecule has 0 saturated carbocycles. The van der Waals surface area contributed by atoms with Crippen LogP contribution in [-0.2, 0) is 5.41 Å². The molecule has 0 unspecified atom stereocenters. The van der Waals surface area contributed by atoms with Crippen molar-refractivity contribution in [3.8, 4) is 45.8 Å². The summed E-state index contributed by atoms with van der Waals surface area (Å²) >= 11 is 0. The first kappa shape index (κ1) is 20.8. The Hall–Kier alpha value is -4.06. The minimum absolute atomic E-state index is 0.0968. The lowest BCUT2D eigenvalue weighted by Crippen LogP contribution is -2.10. The van der Waals surface area contributed by atoms with E-state index < -0.39 is 0 Å². The van der Waals surface area contributed by atoms with E-state index in [4.69, 9.17) is 8.83 Å². The number of hydrogen-bond donors (Lipinski definition) is 0. The van der Waals surface area contributed by atoms with E-state index in [1.807, 2.05) is 67.6 Å². The van der Waals surface area contributed by atoms with Crippen LogP contribution in [0.4, 0.5) is 0 Å². The molecule has 0 aliphatic rings. The fourth-order valence-corrected chi connectivity index (χ4v) is 3.48. The largest absolute Gasteiger partial charge is 0.416 e. The topological polar surface area (TPSA) is 77.8 Å². The Bertz CT molecular complexity index is 1370. The molecule has 0 atom stereocenters. The third-order valence-corrected chi connectivity index (χ3v) is 5.53. The molecule has 0 saturated heterocycles. The normalized spacial score (nSPS) is 11.6. The second-order valence-corrected chi connectivity index (χ2v) is 9.10. The van der Waals surface area contributed by atoms with E-state index in [1.165, 1.54) is 11.1 Å². The van der Waals surface area contributed by atoms with Crippen molar-refractivity contribution in [2.45, 2.75) is 33.1 Å². The molecule has 6 heteroatoms. The number of hydrogen-bond acceptors (Lipinski definition) is 6. The van der Waals surface area contributed by atoms with Gasteiger partial charge in [-0.15, -0.1) is 20.4 Å². The monoisotopic (exact) mass is 436 g/mol. The number of benzene rings is 3. The molecule has 0 fully saturated rings. The summed E-state index contributed by atoms with van der Waals surface area (Å²) in [6.45, 7) is 8.61. The van der Waals surface area contributed by atoms with Gasteiger partial charge in [-0.2, -0.15) is 0 Å². The second-order valence-electron chi connectivity index (χ2n) is 9.10. The minimum Gasteiger partial charge on any atom is -0.416 e. The quantitative estimate of drug-likeness (QED) is 0.311. The first-order chi connectivity index (χ1) is 15.9. The zero-order chi connectivity index (χ0) is 23.0. The fourth-order valence-electron chi connectivity index (χ4n) is 3.48. The Kier molecular flexibility index (Phi) is 5.13. The molecule has 2 aromatic heterocycles. The van der Waals surface area contributed by atoms with Crippen LogP contribution in [0.2, 0.25) is 0 Å². The van der Waals surface area contributed by atoms with E-state index in [1.54, 1.807) is 0 Å². The molecule has 0 N–H and O–H groups in total. The Morgan fingerprint density at radius 1 is 0.485 bits per heavy atom. The van der Waals surface area contributed by atoms with Gasteiger partial charge in [0.2, 0.25) is 23.6 Å².